The van der Waals surface area contributed by atoms with Crippen LogP contribution in [0.15, 0.2) is 57.4 Å². The van der Waals surface area contributed by atoms with Gasteiger partial charge in [0.05, 0.1) is 19.3 Å². The molecule has 1 aromatic carbocycles. The summed E-state index contributed by atoms with van der Waals surface area (Å²) >= 11 is 1.72. The van der Waals surface area contributed by atoms with E-state index < -0.39 is 0 Å². The van der Waals surface area contributed by atoms with Gasteiger partial charge in [-0.15, -0.1) is 35.3 Å². The molecular formula is C18H21IN4OS. The van der Waals surface area contributed by atoms with Crippen molar-refractivity contribution in [3.63, 3.8) is 0 Å². The Bertz CT molecular complexity index is 797. The van der Waals surface area contributed by atoms with Crippen LogP contribution in [-0.2, 0) is 13.1 Å². The maximum Gasteiger partial charge on any atom is 0.214 e. The van der Waals surface area contributed by atoms with Gasteiger partial charge in [-0.25, -0.2) is 4.98 Å². The van der Waals surface area contributed by atoms with Crippen LogP contribution < -0.4 is 10.6 Å². The Morgan fingerprint density at radius 1 is 1.16 bits per heavy atom. The van der Waals surface area contributed by atoms with Crippen molar-refractivity contribution in [2.75, 3.05) is 7.05 Å². The highest BCUT2D eigenvalue weighted by Crippen LogP contribution is 2.20. The van der Waals surface area contributed by atoms with Crippen molar-refractivity contribution in [1.82, 2.24) is 15.6 Å². The third-order valence-corrected chi connectivity index (χ3v) is 4.41. The van der Waals surface area contributed by atoms with Crippen LogP contribution in [0, 0.1) is 6.92 Å². The van der Waals surface area contributed by atoms with Gasteiger partial charge in [0.1, 0.15) is 0 Å². The zero-order chi connectivity index (χ0) is 16.8. The number of rotatable bonds is 5. The number of thiophene rings is 1. The van der Waals surface area contributed by atoms with E-state index >= 15 is 0 Å². The molecule has 2 N–H and O–H groups in total. The van der Waals surface area contributed by atoms with Crippen LogP contribution in [0.5, 0.6) is 0 Å². The molecule has 5 nitrogen and oxygen atoms in total. The smallest absolute Gasteiger partial charge is 0.214 e. The first-order chi connectivity index (χ1) is 11.7. The molecule has 0 bridgehead atoms. The van der Waals surface area contributed by atoms with Crippen molar-refractivity contribution >= 4 is 41.3 Å². The van der Waals surface area contributed by atoms with E-state index in [9.17, 15) is 0 Å². The van der Waals surface area contributed by atoms with Crippen LogP contribution in [0.3, 0.4) is 0 Å². The molecule has 0 aliphatic rings. The van der Waals surface area contributed by atoms with Crippen LogP contribution in [0.4, 0.5) is 0 Å². The van der Waals surface area contributed by atoms with E-state index in [-0.39, 0.29) is 24.0 Å². The molecule has 0 spiro atoms. The molecular weight excluding hydrogens is 447 g/mol. The second kappa shape index (κ2) is 9.57. The highest BCUT2D eigenvalue weighted by molar-refractivity contribution is 14.0. The van der Waals surface area contributed by atoms with E-state index in [4.69, 9.17) is 4.42 Å². The monoisotopic (exact) mass is 468 g/mol. The molecule has 0 saturated heterocycles. The second-order valence-electron chi connectivity index (χ2n) is 5.34. The Morgan fingerprint density at radius 3 is 2.60 bits per heavy atom. The molecule has 0 amide bonds. The average Bonchev–Trinajstić information content (AvgIpc) is 3.27. The first-order valence-corrected chi connectivity index (χ1v) is 8.61. The molecule has 0 atom stereocenters. The summed E-state index contributed by atoms with van der Waals surface area (Å²) in [5, 5.41) is 8.54. The Balaban J connectivity index is 0.00000225. The maximum absolute atomic E-state index is 5.80. The summed E-state index contributed by atoms with van der Waals surface area (Å²) in [6.07, 6.45) is 1.75. The summed E-state index contributed by atoms with van der Waals surface area (Å²) in [7, 11) is 1.75. The van der Waals surface area contributed by atoms with E-state index in [1.165, 1.54) is 10.4 Å². The minimum atomic E-state index is 0. The van der Waals surface area contributed by atoms with E-state index in [1.807, 2.05) is 18.2 Å². The third-order valence-electron chi connectivity index (χ3n) is 3.53. The van der Waals surface area contributed by atoms with E-state index in [2.05, 4.69) is 51.1 Å². The van der Waals surface area contributed by atoms with E-state index in [0.29, 0.717) is 12.4 Å². The minimum absolute atomic E-state index is 0. The Labute approximate surface area is 168 Å². The number of aryl methyl sites for hydroxylation is 1. The van der Waals surface area contributed by atoms with Crippen molar-refractivity contribution in [2.45, 2.75) is 20.0 Å². The Morgan fingerprint density at radius 2 is 1.92 bits per heavy atom. The molecule has 7 heteroatoms. The number of hydrogen-bond acceptors (Lipinski definition) is 4. The highest BCUT2D eigenvalue weighted by Gasteiger charge is 2.07. The van der Waals surface area contributed by atoms with E-state index in [0.717, 1.165) is 23.8 Å². The molecule has 0 aliphatic carbocycles. The largest absolute Gasteiger partial charge is 0.439 e. The molecule has 0 fully saturated rings. The van der Waals surface area contributed by atoms with Gasteiger partial charge >= 0.3 is 0 Å². The summed E-state index contributed by atoms with van der Waals surface area (Å²) in [6.45, 7) is 3.29. The predicted octanol–water partition coefficient (Wildman–Crippen LogP) is 4.19. The molecule has 2 heterocycles. The predicted molar refractivity (Wildman–Crippen MR) is 113 cm³/mol. The van der Waals surface area contributed by atoms with Crippen molar-refractivity contribution in [3.8, 4) is 11.3 Å². The third kappa shape index (κ3) is 5.57. The van der Waals surface area contributed by atoms with Gasteiger partial charge in [0.15, 0.2) is 11.7 Å². The fourth-order valence-electron chi connectivity index (χ4n) is 2.21. The van der Waals surface area contributed by atoms with Crippen LogP contribution in [0.25, 0.3) is 11.3 Å². The van der Waals surface area contributed by atoms with Crippen LogP contribution in [-0.4, -0.2) is 18.0 Å². The lowest BCUT2D eigenvalue weighted by Crippen LogP contribution is -2.36. The topological polar surface area (TPSA) is 62.5 Å². The van der Waals surface area contributed by atoms with Crippen molar-refractivity contribution in [3.05, 3.63) is 64.3 Å². The summed E-state index contributed by atoms with van der Waals surface area (Å²) in [4.78, 5) is 9.79. The van der Waals surface area contributed by atoms with Crippen molar-refractivity contribution in [1.29, 1.82) is 0 Å². The van der Waals surface area contributed by atoms with Gasteiger partial charge in [-0.05, 0) is 18.4 Å². The highest BCUT2D eigenvalue weighted by atomic mass is 127. The molecule has 25 heavy (non-hydrogen) atoms. The zero-order valence-corrected chi connectivity index (χ0v) is 17.3. The fraction of sp³-hybridized carbons (Fsp3) is 0.222. The lowest BCUT2D eigenvalue weighted by molar-refractivity contribution is 0.497. The second-order valence-corrected chi connectivity index (χ2v) is 6.38. The number of halogens is 1. The normalized spacial score (nSPS) is 11.0. The number of hydrogen-bond donors (Lipinski definition) is 2. The number of aromatic nitrogens is 1. The zero-order valence-electron chi connectivity index (χ0n) is 14.2. The number of benzene rings is 1. The first-order valence-electron chi connectivity index (χ1n) is 7.73. The lowest BCUT2D eigenvalue weighted by atomic mass is 10.1. The standard InChI is InChI=1S/C18H20N4OS.HI/c1-13-5-7-14(8-6-13)16-11-20-17(23-16)12-22-18(19-2)21-10-15-4-3-9-24-15;/h3-9,11H,10,12H2,1-2H3,(H2,19,21,22);1H. The Kier molecular flexibility index (Phi) is 7.45. The molecule has 0 aliphatic heterocycles. The van der Waals surface area contributed by atoms with Crippen LogP contribution in [0.1, 0.15) is 16.3 Å². The van der Waals surface area contributed by atoms with E-state index in [1.54, 1.807) is 24.6 Å². The summed E-state index contributed by atoms with van der Waals surface area (Å²) in [6, 6.07) is 12.3. The SMILES string of the molecule is CN=C(NCc1ncc(-c2ccc(C)cc2)o1)NCc1cccs1.I. The van der Waals surface area contributed by atoms with Gasteiger partial charge < -0.3 is 15.1 Å². The first kappa shape index (κ1) is 19.5. The van der Waals surface area contributed by atoms with Gasteiger partial charge in [-0.3, -0.25) is 4.99 Å². The molecule has 3 aromatic rings. The van der Waals surface area contributed by atoms with Crippen molar-refractivity contribution in [2.24, 2.45) is 4.99 Å². The van der Waals surface area contributed by atoms with Gasteiger partial charge in [0, 0.05) is 17.5 Å². The average molecular weight is 468 g/mol. The quantitative estimate of drug-likeness (QED) is 0.335. The molecule has 0 unspecified atom stereocenters. The number of nitrogens with one attached hydrogen (secondary N) is 2. The number of guanidine groups is 1. The van der Waals surface area contributed by atoms with Gasteiger partial charge in [-0.1, -0.05) is 35.9 Å². The van der Waals surface area contributed by atoms with Crippen LogP contribution in [0.2, 0.25) is 0 Å². The number of nitrogens with zero attached hydrogens (tertiary/aromatic N) is 2. The Hall–Kier alpha value is -1.87. The lowest BCUT2D eigenvalue weighted by Gasteiger charge is -2.09. The number of oxazole rings is 1. The molecule has 2 aromatic heterocycles. The van der Waals surface area contributed by atoms with Gasteiger partial charge in [0.2, 0.25) is 5.89 Å². The molecule has 132 valence electrons. The summed E-state index contributed by atoms with van der Waals surface area (Å²) < 4.78 is 5.80. The number of aliphatic imine (C=N–C) groups is 1. The van der Waals surface area contributed by atoms with Crippen LogP contribution >= 0.6 is 35.3 Å². The molecule has 3 rings (SSSR count). The van der Waals surface area contributed by atoms with Gasteiger partial charge in [-0.2, -0.15) is 0 Å². The summed E-state index contributed by atoms with van der Waals surface area (Å²) in [5.74, 6) is 2.12. The minimum Gasteiger partial charge on any atom is -0.439 e. The van der Waals surface area contributed by atoms with Crippen molar-refractivity contribution < 1.29 is 4.42 Å². The molecule has 0 radical (unpaired) electrons. The fourth-order valence-corrected chi connectivity index (χ4v) is 2.85. The molecule has 0 saturated carbocycles. The maximum atomic E-state index is 5.80. The summed E-state index contributed by atoms with van der Waals surface area (Å²) in [5.41, 5.74) is 2.25. The van der Waals surface area contributed by atoms with Gasteiger partial charge in [0.25, 0.3) is 0 Å².